The van der Waals surface area contributed by atoms with Gasteiger partial charge in [0.15, 0.2) is 0 Å². The van der Waals surface area contributed by atoms with Crippen molar-refractivity contribution in [3.8, 4) is 11.5 Å². The summed E-state index contributed by atoms with van der Waals surface area (Å²) in [5.74, 6) is 0.876. The normalized spacial score (nSPS) is 23.0. The van der Waals surface area contributed by atoms with Crippen LogP contribution in [0.1, 0.15) is 44.7 Å². The van der Waals surface area contributed by atoms with E-state index in [-0.39, 0.29) is 23.4 Å². The monoisotopic (exact) mass is 458 g/mol. The topological polar surface area (TPSA) is 84.9 Å². The van der Waals surface area contributed by atoms with Crippen molar-refractivity contribution in [3.05, 3.63) is 54.1 Å². The first-order valence-electron chi connectivity index (χ1n) is 10.9. The Morgan fingerprint density at radius 1 is 1.19 bits per heavy atom. The predicted octanol–water partition coefficient (Wildman–Crippen LogP) is 3.51. The number of carbonyl (C=O) groups is 1. The fourth-order valence-corrected chi connectivity index (χ4v) is 6.04. The molecule has 0 spiro atoms. The second-order valence-electron chi connectivity index (χ2n) is 9.05. The first-order valence-corrected chi connectivity index (χ1v) is 12.4. The molecule has 0 saturated carbocycles. The highest BCUT2D eigenvalue weighted by molar-refractivity contribution is 7.89. The molecule has 1 amide bonds. The maximum Gasteiger partial charge on any atom is 0.243 e. The van der Waals surface area contributed by atoms with E-state index in [9.17, 15) is 13.2 Å². The van der Waals surface area contributed by atoms with Gasteiger partial charge in [-0.2, -0.15) is 4.31 Å². The molecule has 0 aliphatic carbocycles. The standard InChI is InChI=1S/C24H30N2O5S/c1-24(2)15-21(20-12-11-18(30-3)14-22(20)31-24)25-23(27)17-8-7-13-26(16-17)32(28,29)19-9-5-4-6-10-19/h4-6,9-12,14,17,21H,7-8,13,15-16H2,1-3H3,(H,25,27)/t17-,21-/m0/s1. The minimum atomic E-state index is -3.62. The van der Waals surface area contributed by atoms with Crippen LogP contribution in [0.2, 0.25) is 0 Å². The molecule has 4 rings (SSSR count). The third-order valence-electron chi connectivity index (χ3n) is 6.13. The second-order valence-corrected chi connectivity index (χ2v) is 11.0. The van der Waals surface area contributed by atoms with Crippen LogP contribution < -0.4 is 14.8 Å². The molecule has 32 heavy (non-hydrogen) atoms. The van der Waals surface area contributed by atoms with Gasteiger partial charge in [0.2, 0.25) is 15.9 Å². The lowest BCUT2D eigenvalue weighted by Gasteiger charge is -2.39. The van der Waals surface area contributed by atoms with Gasteiger partial charge in [-0.25, -0.2) is 8.42 Å². The number of nitrogens with zero attached hydrogens (tertiary/aromatic N) is 1. The number of carbonyl (C=O) groups excluding carboxylic acids is 1. The molecule has 7 nitrogen and oxygen atoms in total. The fraction of sp³-hybridized carbons (Fsp3) is 0.458. The third-order valence-corrected chi connectivity index (χ3v) is 8.01. The van der Waals surface area contributed by atoms with Crippen LogP contribution in [0, 0.1) is 5.92 Å². The van der Waals surface area contributed by atoms with Crippen LogP contribution in [0.4, 0.5) is 0 Å². The molecule has 1 saturated heterocycles. The molecular weight excluding hydrogens is 428 g/mol. The van der Waals surface area contributed by atoms with E-state index >= 15 is 0 Å². The van der Waals surface area contributed by atoms with E-state index in [0.29, 0.717) is 37.3 Å². The number of methoxy groups -OCH3 is 1. The zero-order chi connectivity index (χ0) is 22.9. The Balaban J connectivity index is 1.50. The van der Waals surface area contributed by atoms with Gasteiger partial charge in [0, 0.05) is 31.1 Å². The van der Waals surface area contributed by atoms with Crippen LogP contribution in [0.15, 0.2) is 53.4 Å². The van der Waals surface area contributed by atoms with Crippen LogP contribution in [-0.2, 0) is 14.8 Å². The van der Waals surface area contributed by atoms with Crippen molar-refractivity contribution in [1.82, 2.24) is 9.62 Å². The van der Waals surface area contributed by atoms with Gasteiger partial charge in [-0.05, 0) is 51.0 Å². The lowest BCUT2D eigenvalue weighted by atomic mass is 9.88. The molecule has 1 fully saturated rings. The Morgan fingerprint density at radius 3 is 2.66 bits per heavy atom. The van der Waals surface area contributed by atoms with Gasteiger partial charge in [0.05, 0.1) is 24.0 Å². The summed E-state index contributed by atoms with van der Waals surface area (Å²) in [6.07, 6.45) is 1.93. The quantitative estimate of drug-likeness (QED) is 0.741. The van der Waals surface area contributed by atoms with Crippen molar-refractivity contribution in [2.24, 2.45) is 5.92 Å². The van der Waals surface area contributed by atoms with Crippen LogP contribution >= 0.6 is 0 Å². The number of hydrogen-bond donors (Lipinski definition) is 1. The number of nitrogens with one attached hydrogen (secondary N) is 1. The molecule has 8 heteroatoms. The predicted molar refractivity (Wildman–Crippen MR) is 121 cm³/mol. The van der Waals surface area contributed by atoms with E-state index < -0.39 is 21.5 Å². The van der Waals surface area contributed by atoms with E-state index in [1.165, 1.54) is 4.31 Å². The smallest absolute Gasteiger partial charge is 0.243 e. The summed E-state index contributed by atoms with van der Waals surface area (Å²) in [5, 5.41) is 3.17. The third kappa shape index (κ3) is 4.61. The number of rotatable bonds is 5. The molecular formula is C24H30N2O5S. The molecule has 2 aliphatic heterocycles. The Kier molecular flexibility index (Phi) is 6.18. The average molecular weight is 459 g/mol. The number of ether oxygens (including phenoxy) is 2. The number of amides is 1. The van der Waals surface area contributed by atoms with Gasteiger partial charge in [-0.15, -0.1) is 0 Å². The summed E-state index contributed by atoms with van der Waals surface area (Å²) < 4.78 is 38.9. The summed E-state index contributed by atoms with van der Waals surface area (Å²) in [4.78, 5) is 13.5. The first-order chi connectivity index (χ1) is 15.2. The number of benzene rings is 2. The molecule has 0 bridgehead atoms. The molecule has 2 aliphatic rings. The van der Waals surface area contributed by atoms with Crippen LogP contribution in [0.5, 0.6) is 11.5 Å². The Labute approximate surface area is 189 Å². The molecule has 2 heterocycles. The minimum absolute atomic E-state index is 0.123. The van der Waals surface area contributed by atoms with Gasteiger partial charge < -0.3 is 14.8 Å². The summed E-state index contributed by atoms with van der Waals surface area (Å²) in [6, 6.07) is 13.8. The summed E-state index contributed by atoms with van der Waals surface area (Å²) in [5.41, 5.74) is 0.454. The lowest BCUT2D eigenvalue weighted by molar-refractivity contribution is -0.127. The summed E-state index contributed by atoms with van der Waals surface area (Å²) in [6.45, 7) is 4.59. The van der Waals surface area contributed by atoms with Gasteiger partial charge >= 0.3 is 0 Å². The number of hydrogen-bond acceptors (Lipinski definition) is 5. The molecule has 2 atom stereocenters. The average Bonchev–Trinajstić information content (AvgIpc) is 2.78. The van der Waals surface area contributed by atoms with Crippen molar-refractivity contribution in [2.75, 3.05) is 20.2 Å². The Morgan fingerprint density at radius 2 is 1.94 bits per heavy atom. The minimum Gasteiger partial charge on any atom is -0.497 e. The number of sulfonamides is 1. The van der Waals surface area contributed by atoms with Gasteiger partial charge in [0.25, 0.3) is 0 Å². The summed E-state index contributed by atoms with van der Waals surface area (Å²) >= 11 is 0. The molecule has 2 aromatic carbocycles. The van der Waals surface area contributed by atoms with Gasteiger partial charge in [-0.3, -0.25) is 4.79 Å². The maximum absolute atomic E-state index is 13.2. The van der Waals surface area contributed by atoms with Crippen molar-refractivity contribution >= 4 is 15.9 Å². The van der Waals surface area contributed by atoms with Gasteiger partial charge in [-0.1, -0.05) is 18.2 Å². The first kappa shape index (κ1) is 22.6. The summed E-state index contributed by atoms with van der Waals surface area (Å²) in [7, 11) is -2.01. The van der Waals surface area contributed by atoms with E-state index in [0.717, 1.165) is 5.56 Å². The highest BCUT2D eigenvalue weighted by Crippen LogP contribution is 2.41. The molecule has 2 aromatic rings. The largest absolute Gasteiger partial charge is 0.497 e. The molecule has 1 N–H and O–H groups in total. The Hall–Kier alpha value is -2.58. The molecule has 172 valence electrons. The van der Waals surface area contributed by atoms with Crippen LogP contribution in [0.25, 0.3) is 0 Å². The van der Waals surface area contributed by atoms with Crippen molar-refractivity contribution in [2.45, 2.75) is 49.6 Å². The highest BCUT2D eigenvalue weighted by atomic mass is 32.2. The van der Waals surface area contributed by atoms with E-state index in [1.807, 2.05) is 32.0 Å². The van der Waals surface area contributed by atoms with Crippen molar-refractivity contribution in [3.63, 3.8) is 0 Å². The molecule has 0 aromatic heterocycles. The van der Waals surface area contributed by atoms with Crippen molar-refractivity contribution in [1.29, 1.82) is 0 Å². The highest BCUT2D eigenvalue weighted by Gasteiger charge is 2.38. The SMILES string of the molecule is COc1ccc2c(c1)OC(C)(C)C[C@@H]2NC(=O)[C@H]1CCCN(S(=O)(=O)c2ccccc2)C1. The second kappa shape index (κ2) is 8.75. The Bertz CT molecular complexity index is 1080. The zero-order valence-corrected chi connectivity index (χ0v) is 19.5. The van der Waals surface area contributed by atoms with Crippen LogP contribution in [-0.4, -0.2) is 44.4 Å². The fourth-order valence-electron chi connectivity index (χ4n) is 4.49. The molecule has 0 unspecified atom stereocenters. The number of fused-ring (bicyclic) bond motifs is 1. The van der Waals surface area contributed by atoms with E-state index in [2.05, 4.69) is 5.32 Å². The lowest BCUT2D eigenvalue weighted by Crippen LogP contribution is -2.48. The van der Waals surface area contributed by atoms with E-state index in [1.54, 1.807) is 37.4 Å². The zero-order valence-electron chi connectivity index (χ0n) is 18.7. The maximum atomic E-state index is 13.2. The van der Waals surface area contributed by atoms with Crippen molar-refractivity contribution < 1.29 is 22.7 Å². The van der Waals surface area contributed by atoms with E-state index in [4.69, 9.17) is 9.47 Å². The van der Waals surface area contributed by atoms with Gasteiger partial charge in [0.1, 0.15) is 17.1 Å². The van der Waals surface area contributed by atoms with Crippen LogP contribution in [0.3, 0.4) is 0 Å². The molecule has 0 radical (unpaired) electrons. The number of piperidine rings is 1.